The summed E-state index contributed by atoms with van der Waals surface area (Å²) in [6, 6.07) is 7.50. The van der Waals surface area contributed by atoms with Crippen molar-refractivity contribution in [2.24, 2.45) is 5.41 Å². The van der Waals surface area contributed by atoms with Crippen LogP contribution in [0.3, 0.4) is 0 Å². The fourth-order valence-corrected chi connectivity index (χ4v) is 3.65. The summed E-state index contributed by atoms with van der Waals surface area (Å²) in [5, 5.41) is 3.18. The van der Waals surface area contributed by atoms with Crippen LogP contribution in [0.2, 0.25) is 0 Å². The number of aryl methyl sites for hydroxylation is 1. The van der Waals surface area contributed by atoms with Crippen molar-refractivity contribution in [3.63, 3.8) is 0 Å². The van der Waals surface area contributed by atoms with Gasteiger partial charge < -0.3 is 4.74 Å². The number of Topliss-reactive ketones (excluding diaryl/α,β-unsaturated/α-hetero) is 1. The molecule has 1 aromatic heterocycles. The Bertz CT molecular complexity index is 778. The molecular formula is C18H20N2O3S. The van der Waals surface area contributed by atoms with Gasteiger partial charge in [-0.05, 0) is 30.9 Å². The number of amides is 1. The Morgan fingerprint density at radius 1 is 1.29 bits per heavy atom. The first-order valence-electron chi connectivity index (χ1n) is 7.85. The van der Waals surface area contributed by atoms with Crippen molar-refractivity contribution in [3.05, 3.63) is 40.4 Å². The number of benzene rings is 1. The Labute approximate surface area is 145 Å². The van der Waals surface area contributed by atoms with Gasteiger partial charge in [0.1, 0.15) is 5.75 Å². The fourth-order valence-electron chi connectivity index (χ4n) is 2.71. The monoisotopic (exact) mass is 344 g/mol. The molecule has 1 amide bonds. The van der Waals surface area contributed by atoms with Crippen LogP contribution in [0.15, 0.2) is 24.3 Å². The third-order valence-electron chi connectivity index (χ3n) is 3.87. The molecule has 0 aliphatic heterocycles. The molecule has 1 N–H and O–H groups in total. The van der Waals surface area contributed by atoms with E-state index in [0.717, 1.165) is 17.7 Å². The van der Waals surface area contributed by atoms with E-state index in [4.69, 9.17) is 4.74 Å². The van der Waals surface area contributed by atoms with Crippen LogP contribution in [-0.4, -0.2) is 23.3 Å². The lowest BCUT2D eigenvalue weighted by molar-refractivity contribution is -0.118. The molecule has 1 aromatic carbocycles. The molecule has 0 atom stereocenters. The fraction of sp³-hybridized carbons (Fsp3) is 0.389. The minimum absolute atomic E-state index is 0.0754. The molecule has 0 spiro atoms. The Hall–Kier alpha value is -2.21. The van der Waals surface area contributed by atoms with E-state index in [0.29, 0.717) is 22.2 Å². The number of nitrogens with zero attached hydrogens (tertiary/aromatic N) is 1. The zero-order valence-corrected chi connectivity index (χ0v) is 14.8. The minimum atomic E-state index is -0.284. The van der Waals surface area contributed by atoms with Gasteiger partial charge in [-0.15, -0.1) is 0 Å². The standard InChI is InChI=1S/C18H20N2O3S/c1-11-4-6-12(7-5-11)23-10-15(22)20-17-19-13-8-18(2,3)9-14(21)16(13)24-17/h4-7H,8-10H2,1-3H3,(H,19,20,22). The van der Waals surface area contributed by atoms with Crippen molar-refractivity contribution in [3.8, 4) is 5.75 Å². The summed E-state index contributed by atoms with van der Waals surface area (Å²) < 4.78 is 5.45. The van der Waals surface area contributed by atoms with Crippen LogP contribution in [0.4, 0.5) is 5.13 Å². The molecule has 3 rings (SSSR count). The van der Waals surface area contributed by atoms with Crippen molar-refractivity contribution < 1.29 is 14.3 Å². The number of hydrogen-bond acceptors (Lipinski definition) is 5. The zero-order chi connectivity index (χ0) is 17.3. The van der Waals surface area contributed by atoms with Gasteiger partial charge in [-0.1, -0.05) is 42.9 Å². The molecule has 0 bridgehead atoms. The molecule has 1 aliphatic rings. The molecule has 126 valence electrons. The predicted octanol–water partition coefficient (Wildman–Crippen LogP) is 3.62. The van der Waals surface area contributed by atoms with E-state index >= 15 is 0 Å². The van der Waals surface area contributed by atoms with Crippen LogP contribution in [0.5, 0.6) is 5.75 Å². The third-order valence-corrected chi connectivity index (χ3v) is 4.93. The molecular weight excluding hydrogens is 324 g/mol. The van der Waals surface area contributed by atoms with Gasteiger partial charge >= 0.3 is 0 Å². The molecule has 0 saturated heterocycles. The van der Waals surface area contributed by atoms with Crippen molar-refractivity contribution in [1.82, 2.24) is 4.98 Å². The molecule has 5 nitrogen and oxygen atoms in total. The van der Waals surface area contributed by atoms with E-state index in [9.17, 15) is 9.59 Å². The van der Waals surface area contributed by atoms with Gasteiger partial charge in [0.05, 0.1) is 10.6 Å². The van der Waals surface area contributed by atoms with Crippen LogP contribution in [0, 0.1) is 12.3 Å². The Morgan fingerprint density at radius 2 is 2.00 bits per heavy atom. The Kier molecular flexibility index (Phi) is 4.41. The first kappa shape index (κ1) is 16.6. The first-order valence-corrected chi connectivity index (χ1v) is 8.66. The highest BCUT2D eigenvalue weighted by atomic mass is 32.1. The normalized spacial score (nSPS) is 15.7. The average molecular weight is 344 g/mol. The summed E-state index contributed by atoms with van der Waals surface area (Å²) in [4.78, 5) is 29.3. The number of thiazole rings is 1. The maximum atomic E-state index is 12.2. The molecule has 0 fully saturated rings. The number of aromatic nitrogens is 1. The molecule has 24 heavy (non-hydrogen) atoms. The van der Waals surface area contributed by atoms with E-state index in [1.807, 2.05) is 31.2 Å². The predicted molar refractivity (Wildman–Crippen MR) is 93.9 cm³/mol. The SMILES string of the molecule is Cc1ccc(OCC(=O)Nc2nc3c(s2)C(=O)CC(C)(C)C3)cc1. The number of fused-ring (bicyclic) bond motifs is 1. The smallest absolute Gasteiger partial charge is 0.264 e. The number of carbonyl (C=O) groups is 2. The number of hydrogen-bond donors (Lipinski definition) is 1. The van der Waals surface area contributed by atoms with Crippen molar-refractivity contribution in [2.45, 2.75) is 33.6 Å². The van der Waals surface area contributed by atoms with Gasteiger partial charge in [0.2, 0.25) is 0 Å². The van der Waals surface area contributed by atoms with Crippen molar-refractivity contribution in [1.29, 1.82) is 0 Å². The highest BCUT2D eigenvalue weighted by Gasteiger charge is 2.34. The number of nitrogens with one attached hydrogen (secondary N) is 1. The van der Waals surface area contributed by atoms with Gasteiger partial charge in [0.25, 0.3) is 5.91 Å². The number of anilines is 1. The summed E-state index contributed by atoms with van der Waals surface area (Å²) in [7, 11) is 0. The molecule has 1 aliphatic carbocycles. The summed E-state index contributed by atoms with van der Waals surface area (Å²) in [5.41, 5.74) is 1.84. The lowest BCUT2D eigenvalue weighted by Gasteiger charge is -2.26. The van der Waals surface area contributed by atoms with Crippen LogP contribution in [0.1, 0.15) is 41.2 Å². The van der Waals surface area contributed by atoms with Gasteiger partial charge in [0, 0.05) is 6.42 Å². The van der Waals surface area contributed by atoms with Crippen molar-refractivity contribution >= 4 is 28.2 Å². The summed E-state index contributed by atoms with van der Waals surface area (Å²) in [6.07, 6.45) is 1.27. The lowest BCUT2D eigenvalue weighted by atomic mass is 9.78. The third kappa shape index (κ3) is 3.82. The topological polar surface area (TPSA) is 68.3 Å². The van der Waals surface area contributed by atoms with Gasteiger partial charge in [-0.25, -0.2) is 4.98 Å². The average Bonchev–Trinajstić information content (AvgIpc) is 2.88. The molecule has 1 heterocycles. The largest absolute Gasteiger partial charge is 0.484 e. The molecule has 0 unspecified atom stereocenters. The lowest BCUT2D eigenvalue weighted by Crippen LogP contribution is -2.26. The summed E-state index contributed by atoms with van der Waals surface area (Å²) in [5.74, 6) is 0.467. The summed E-state index contributed by atoms with van der Waals surface area (Å²) >= 11 is 1.25. The van der Waals surface area contributed by atoms with Gasteiger partial charge in [-0.2, -0.15) is 0 Å². The first-order chi connectivity index (χ1) is 11.3. The quantitative estimate of drug-likeness (QED) is 0.920. The van der Waals surface area contributed by atoms with E-state index in [-0.39, 0.29) is 23.7 Å². The van der Waals surface area contributed by atoms with E-state index in [2.05, 4.69) is 24.1 Å². The Balaban J connectivity index is 1.61. The molecule has 6 heteroatoms. The number of rotatable bonds is 4. The molecule has 0 saturated carbocycles. The van der Waals surface area contributed by atoms with E-state index in [1.165, 1.54) is 11.3 Å². The van der Waals surface area contributed by atoms with Crippen molar-refractivity contribution in [2.75, 3.05) is 11.9 Å². The highest BCUT2D eigenvalue weighted by molar-refractivity contribution is 7.17. The number of ether oxygens (including phenoxy) is 1. The van der Waals surface area contributed by atoms with Crippen LogP contribution in [-0.2, 0) is 11.2 Å². The second-order valence-electron chi connectivity index (χ2n) is 6.89. The van der Waals surface area contributed by atoms with Crippen LogP contribution in [0.25, 0.3) is 0 Å². The van der Waals surface area contributed by atoms with E-state index in [1.54, 1.807) is 0 Å². The Morgan fingerprint density at radius 3 is 2.71 bits per heavy atom. The maximum absolute atomic E-state index is 12.2. The molecule has 2 aromatic rings. The van der Waals surface area contributed by atoms with E-state index < -0.39 is 0 Å². The van der Waals surface area contributed by atoms with Gasteiger partial charge in [-0.3, -0.25) is 14.9 Å². The second kappa shape index (κ2) is 6.36. The second-order valence-corrected chi connectivity index (χ2v) is 7.88. The van der Waals surface area contributed by atoms with Crippen LogP contribution < -0.4 is 10.1 Å². The maximum Gasteiger partial charge on any atom is 0.264 e. The van der Waals surface area contributed by atoms with Crippen LogP contribution >= 0.6 is 11.3 Å². The number of ketones is 1. The number of carbonyl (C=O) groups excluding carboxylic acids is 2. The van der Waals surface area contributed by atoms with Gasteiger partial charge in [0.15, 0.2) is 17.5 Å². The molecule has 0 radical (unpaired) electrons. The summed E-state index contributed by atoms with van der Waals surface area (Å²) in [6.45, 7) is 6.01. The minimum Gasteiger partial charge on any atom is -0.484 e. The highest BCUT2D eigenvalue weighted by Crippen LogP contribution is 2.38. The zero-order valence-electron chi connectivity index (χ0n) is 14.0.